The largest absolute Gasteiger partial charge is 0.417 e. The number of sulfonamides is 1. The molecule has 0 aliphatic carbocycles. The third-order valence-electron chi connectivity index (χ3n) is 5.34. The van der Waals surface area contributed by atoms with Gasteiger partial charge in [-0.25, -0.2) is 12.8 Å². The molecule has 1 fully saturated rings. The number of halogens is 4. The first kappa shape index (κ1) is 22.9. The molecule has 7 nitrogen and oxygen atoms in total. The highest BCUT2D eigenvalue weighted by molar-refractivity contribution is 7.89. The number of benzene rings is 2. The lowest BCUT2D eigenvalue weighted by atomic mass is 10.1. The minimum Gasteiger partial charge on any atom is -0.336 e. The molecule has 2 heterocycles. The number of H-pyrrole nitrogens is 1. The number of alkyl halides is 3. The zero-order valence-electron chi connectivity index (χ0n) is 17.0. The first-order valence-corrected chi connectivity index (χ1v) is 11.3. The van der Waals surface area contributed by atoms with Gasteiger partial charge in [-0.05, 0) is 36.4 Å². The van der Waals surface area contributed by atoms with Crippen molar-refractivity contribution in [1.82, 2.24) is 19.4 Å². The van der Waals surface area contributed by atoms with Crippen LogP contribution < -0.4 is 0 Å². The Kier molecular flexibility index (Phi) is 5.97. The lowest BCUT2D eigenvalue weighted by Crippen LogP contribution is -2.50. The van der Waals surface area contributed by atoms with Gasteiger partial charge in [0.2, 0.25) is 10.0 Å². The molecule has 3 aromatic rings. The van der Waals surface area contributed by atoms with Crippen molar-refractivity contribution in [3.05, 3.63) is 71.7 Å². The van der Waals surface area contributed by atoms with Crippen LogP contribution in [0.15, 0.2) is 59.6 Å². The average Bonchev–Trinajstić information content (AvgIpc) is 3.28. The van der Waals surface area contributed by atoms with E-state index in [-0.39, 0.29) is 31.7 Å². The van der Waals surface area contributed by atoms with E-state index in [2.05, 4.69) is 10.2 Å². The van der Waals surface area contributed by atoms with E-state index in [1.165, 1.54) is 41.4 Å². The molecule has 1 aliphatic heterocycles. The van der Waals surface area contributed by atoms with Crippen LogP contribution in [0.2, 0.25) is 0 Å². The lowest BCUT2D eigenvalue weighted by Gasteiger charge is -2.34. The van der Waals surface area contributed by atoms with Crippen molar-refractivity contribution in [2.24, 2.45) is 0 Å². The van der Waals surface area contributed by atoms with Gasteiger partial charge < -0.3 is 4.90 Å². The highest BCUT2D eigenvalue weighted by Gasteiger charge is 2.40. The average molecular weight is 482 g/mol. The third kappa shape index (κ3) is 4.48. The Morgan fingerprint density at radius 2 is 1.61 bits per heavy atom. The van der Waals surface area contributed by atoms with Crippen LogP contribution in [0, 0.1) is 5.82 Å². The fourth-order valence-corrected chi connectivity index (χ4v) is 5.29. The standard InChI is InChI=1S/C21H18F4N4O3S/c22-15-7-5-14(6-8-15)19-16(13-26-27-19)20(30)28-9-11-29(12-10-28)33(31,32)18-4-2-1-3-17(18)21(23,24)25/h1-8,13H,9-12H2,(H,26,27). The molecule has 33 heavy (non-hydrogen) atoms. The molecule has 0 spiro atoms. The van der Waals surface area contributed by atoms with E-state index in [4.69, 9.17) is 0 Å². The van der Waals surface area contributed by atoms with Gasteiger partial charge in [0.25, 0.3) is 5.91 Å². The summed E-state index contributed by atoms with van der Waals surface area (Å²) in [7, 11) is -4.41. The highest BCUT2D eigenvalue weighted by Crippen LogP contribution is 2.35. The summed E-state index contributed by atoms with van der Waals surface area (Å²) in [6.45, 7) is -0.353. The lowest BCUT2D eigenvalue weighted by molar-refractivity contribution is -0.139. The van der Waals surface area contributed by atoms with Gasteiger partial charge in [-0.15, -0.1) is 0 Å². The summed E-state index contributed by atoms with van der Waals surface area (Å²) in [6.07, 6.45) is -3.50. The number of hydrogen-bond donors (Lipinski definition) is 1. The van der Waals surface area contributed by atoms with Crippen molar-refractivity contribution in [3.63, 3.8) is 0 Å². The summed E-state index contributed by atoms with van der Waals surface area (Å²) in [5.41, 5.74) is -0.0810. The van der Waals surface area contributed by atoms with Gasteiger partial charge in [0.05, 0.1) is 27.9 Å². The van der Waals surface area contributed by atoms with Crippen molar-refractivity contribution in [3.8, 4) is 11.3 Å². The van der Waals surface area contributed by atoms with Crippen LogP contribution in [0.1, 0.15) is 15.9 Å². The Morgan fingerprint density at radius 1 is 0.970 bits per heavy atom. The number of nitrogens with one attached hydrogen (secondary N) is 1. The number of carbonyl (C=O) groups excluding carboxylic acids is 1. The molecule has 1 saturated heterocycles. The zero-order valence-corrected chi connectivity index (χ0v) is 17.8. The van der Waals surface area contributed by atoms with Gasteiger partial charge in [-0.1, -0.05) is 12.1 Å². The van der Waals surface area contributed by atoms with Crippen molar-refractivity contribution < 1.29 is 30.8 Å². The van der Waals surface area contributed by atoms with Gasteiger partial charge in [-0.2, -0.15) is 22.6 Å². The molecule has 1 aliphatic rings. The monoisotopic (exact) mass is 482 g/mol. The second-order valence-electron chi connectivity index (χ2n) is 7.36. The van der Waals surface area contributed by atoms with E-state index in [0.717, 1.165) is 22.5 Å². The fraction of sp³-hybridized carbons (Fsp3) is 0.238. The molecule has 12 heteroatoms. The van der Waals surface area contributed by atoms with Gasteiger partial charge in [-0.3, -0.25) is 9.89 Å². The van der Waals surface area contributed by atoms with Crippen LogP contribution in [-0.2, 0) is 16.2 Å². The molecule has 0 bridgehead atoms. The Morgan fingerprint density at radius 3 is 2.24 bits per heavy atom. The number of hydrogen-bond acceptors (Lipinski definition) is 4. The Labute approximate surface area is 186 Å². The molecular formula is C21H18F4N4O3S. The molecule has 1 aromatic heterocycles. The third-order valence-corrected chi connectivity index (χ3v) is 7.30. The molecular weight excluding hydrogens is 464 g/mol. The minimum absolute atomic E-state index is 0.0136. The minimum atomic E-state index is -4.82. The van der Waals surface area contributed by atoms with Crippen LogP contribution in [0.3, 0.4) is 0 Å². The van der Waals surface area contributed by atoms with E-state index in [9.17, 15) is 30.8 Å². The molecule has 0 atom stereocenters. The second kappa shape index (κ2) is 8.60. The Balaban J connectivity index is 1.51. The number of aromatic nitrogens is 2. The Hall–Kier alpha value is -3.25. The zero-order chi connectivity index (χ0) is 23.8. The summed E-state index contributed by atoms with van der Waals surface area (Å²) < 4.78 is 79.9. The molecule has 0 saturated carbocycles. The quantitative estimate of drug-likeness (QED) is 0.578. The highest BCUT2D eigenvalue weighted by atomic mass is 32.2. The van der Waals surface area contributed by atoms with Crippen molar-refractivity contribution >= 4 is 15.9 Å². The summed E-state index contributed by atoms with van der Waals surface area (Å²) in [5, 5.41) is 6.59. The first-order valence-electron chi connectivity index (χ1n) is 9.84. The molecule has 2 aromatic carbocycles. The van der Waals surface area contributed by atoms with Crippen LogP contribution in [0.5, 0.6) is 0 Å². The van der Waals surface area contributed by atoms with Crippen LogP contribution >= 0.6 is 0 Å². The summed E-state index contributed by atoms with van der Waals surface area (Å²) >= 11 is 0. The SMILES string of the molecule is O=C(c1cn[nH]c1-c1ccc(F)cc1)N1CCN(S(=O)(=O)c2ccccc2C(F)(F)F)CC1. The van der Waals surface area contributed by atoms with E-state index in [1.54, 1.807) is 0 Å². The van der Waals surface area contributed by atoms with Crippen molar-refractivity contribution in [2.45, 2.75) is 11.1 Å². The van der Waals surface area contributed by atoms with Crippen LogP contribution in [0.25, 0.3) is 11.3 Å². The maximum atomic E-state index is 13.3. The summed E-state index contributed by atoms with van der Waals surface area (Å²) in [6, 6.07) is 9.47. The van der Waals surface area contributed by atoms with E-state index in [0.29, 0.717) is 11.3 Å². The molecule has 4 rings (SSSR count). The summed E-state index contributed by atoms with van der Waals surface area (Å²) in [5.74, 6) is -0.855. The fourth-order valence-electron chi connectivity index (χ4n) is 3.65. The van der Waals surface area contributed by atoms with E-state index >= 15 is 0 Å². The predicted molar refractivity (Wildman–Crippen MR) is 110 cm³/mol. The maximum absolute atomic E-state index is 13.3. The van der Waals surface area contributed by atoms with Gasteiger partial charge >= 0.3 is 6.18 Å². The normalized spacial score (nSPS) is 15.6. The first-order chi connectivity index (χ1) is 15.6. The number of rotatable bonds is 4. The smallest absolute Gasteiger partial charge is 0.336 e. The van der Waals surface area contributed by atoms with Crippen LogP contribution in [-0.4, -0.2) is 59.9 Å². The van der Waals surface area contributed by atoms with Gasteiger partial charge in [0.1, 0.15) is 5.82 Å². The number of carbonyl (C=O) groups is 1. The number of nitrogens with zero attached hydrogens (tertiary/aromatic N) is 3. The van der Waals surface area contributed by atoms with E-state index in [1.807, 2.05) is 0 Å². The van der Waals surface area contributed by atoms with Crippen molar-refractivity contribution in [2.75, 3.05) is 26.2 Å². The second-order valence-corrected chi connectivity index (χ2v) is 9.26. The molecule has 1 N–H and O–H groups in total. The number of amides is 1. The molecule has 0 unspecified atom stereocenters. The summed E-state index contributed by atoms with van der Waals surface area (Å²) in [4.78, 5) is 13.6. The Bertz CT molecular complexity index is 1270. The maximum Gasteiger partial charge on any atom is 0.417 e. The predicted octanol–water partition coefficient (Wildman–Crippen LogP) is 3.38. The number of aromatic amines is 1. The molecule has 174 valence electrons. The van der Waals surface area contributed by atoms with E-state index < -0.39 is 38.4 Å². The molecule has 1 amide bonds. The number of piperazine rings is 1. The van der Waals surface area contributed by atoms with Gasteiger partial charge in [0, 0.05) is 31.7 Å². The van der Waals surface area contributed by atoms with Crippen molar-refractivity contribution in [1.29, 1.82) is 0 Å². The topological polar surface area (TPSA) is 86.4 Å². The van der Waals surface area contributed by atoms with Gasteiger partial charge in [0.15, 0.2) is 0 Å². The molecule has 0 radical (unpaired) electrons. The van der Waals surface area contributed by atoms with Crippen LogP contribution in [0.4, 0.5) is 17.6 Å².